The lowest BCUT2D eigenvalue weighted by atomic mass is 9.98. The van der Waals surface area contributed by atoms with Crippen molar-refractivity contribution in [1.82, 2.24) is 4.90 Å². The van der Waals surface area contributed by atoms with Crippen molar-refractivity contribution in [2.75, 3.05) is 18.4 Å². The zero-order valence-electron chi connectivity index (χ0n) is 14.8. The van der Waals surface area contributed by atoms with Gasteiger partial charge in [0.2, 0.25) is 0 Å². The van der Waals surface area contributed by atoms with Crippen molar-refractivity contribution in [2.45, 2.75) is 39.7 Å². The number of para-hydroxylation sites is 1. The van der Waals surface area contributed by atoms with Gasteiger partial charge in [-0.15, -0.1) is 0 Å². The molecule has 1 fully saturated rings. The van der Waals surface area contributed by atoms with Crippen molar-refractivity contribution in [1.29, 1.82) is 0 Å². The number of nitrogens with one attached hydrogen (secondary N) is 1. The molecule has 1 saturated heterocycles. The molecule has 1 aliphatic rings. The Balaban J connectivity index is 1.72. The standard InChI is InChI=1S/C21H26N2O/c1-15-12-17(3)20(13-16(15)2)21(24)23-11-7-10-19(14-23)22-18-8-5-4-6-9-18/h4-6,8-9,12-13,19,22H,7,10-11,14H2,1-3H3. The molecule has 0 aliphatic carbocycles. The van der Waals surface area contributed by atoms with Crippen LogP contribution in [0.3, 0.4) is 0 Å². The molecule has 1 heterocycles. The average molecular weight is 322 g/mol. The van der Waals surface area contributed by atoms with Gasteiger partial charge in [-0.2, -0.15) is 0 Å². The third-order valence-corrected chi connectivity index (χ3v) is 4.92. The Kier molecular flexibility index (Phi) is 4.89. The zero-order valence-corrected chi connectivity index (χ0v) is 14.8. The van der Waals surface area contributed by atoms with E-state index in [0.29, 0.717) is 6.04 Å². The van der Waals surface area contributed by atoms with E-state index >= 15 is 0 Å². The molecule has 0 radical (unpaired) electrons. The van der Waals surface area contributed by atoms with Crippen LogP contribution in [0.1, 0.15) is 39.9 Å². The number of benzene rings is 2. The van der Waals surface area contributed by atoms with Gasteiger partial charge in [-0.05, 0) is 68.5 Å². The summed E-state index contributed by atoms with van der Waals surface area (Å²) >= 11 is 0. The minimum absolute atomic E-state index is 0.162. The Labute approximate surface area is 144 Å². The molecule has 1 unspecified atom stereocenters. The molecular formula is C21H26N2O. The van der Waals surface area contributed by atoms with Crippen LogP contribution in [0.25, 0.3) is 0 Å². The molecule has 3 heteroatoms. The van der Waals surface area contributed by atoms with Gasteiger partial charge in [-0.25, -0.2) is 0 Å². The zero-order chi connectivity index (χ0) is 17.1. The Morgan fingerprint density at radius 1 is 1.04 bits per heavy atom. The van der Waals surface area contributed by atoms with Crippen LogP contribution in [-0.4, -0.2) is 29.9 Å². The van der Waals surface area contributed by atoms with E-state index < -0.39 is 0 Å². The van der Waals surface area contributed by atoms with Crippen molar-refractivity contribution in [3.05, 3.63) is 64.7 Å². The Hall–Kier alpha value is -2.29. The number of amides is 1. The van der Waals surface area contributed by atoms with Gasteiger partial charge >= 0.3 is 0 Å². The lowest BCUT2D eigenvalue weighted by Gasteiger charge is -2.34. The predicted octanol–water partition coefficient (Wildman–Crippen LogP) is 4.33. The number of likely N-dealkylation sites (tertiary alicyclic amines) is 1. The van der Waals surface area contributed by atoms with Gasteiger partial charge in [0.05, 0.1) is 0 Å². The van der Waals surface area contributed by atoms with Gasteiger partial charge in [-0.1, -0.05) is 24.3 Å². The van der Waals surface area contributed by atoms with E-state index in [1.54, 1.807) is 0 Å². The summed E-state index contributed by atoms with van der Waals surface area (Å²) in [4.78, 5) is 15.0. The third kappa shape index (κ3) is 3.61. The topological polar surface area (TPSA) is 32.3 Å². The Morgan fingerprint density at radius 2 is 1.75 bits per heavy atom. The fourth-order valence-electron chi connectivity index (χ4n) is 3.41. The maximum atomic E-state index is 13.0. The van der Waals surface area contributed by atoms with Crippen molar-refractivity contribution >= 4 is 11.6 Å². The molecule has 1 aliphatic heterocycles. The number of hydrogen-bond acceptors (Lipinski definition) is 2. The van der Waals surface area contributed by atoms with Crippen molar-refractivity contribution in [3.63, 3.8) is 0 Å². The molecule has 0 spiro atoms. The lowest BCUT2D eigenvalue weighted by Crippen LogP contribution is -2.45. The van der Waals surface area contributed by atoms with Crippen LogP contribution in [0.5, 0.6) is 0 Å². The molecule has 2 aromatic carbocycles. The molecule has 0 saturated carbocycles. The lowest BCUT2D eigenvalue weighted by molar-refractivity contribution is 0.0714. The summed E-state index contributed by atoms with van der Waals surface area (Å²) in [5, 5.41) is 3.56. The number of piperidine rings is 1. The molecule has 126 valence electrons. The SMILES string of the molecule is Cc1cc(C)c(C(=O)N2CCCC(Nc3ccccc3)C2)cc1C. The van der Waals surface area contributed by atoms with E-state index in [9.17, 15) is 4.79 Å². The molecule has 3 nitrogen and oxygen atoms in total. The van der Waals surface area contributed by atoms with Crippen LogP contribution in [0.2, 0.25) is 0 Å². The smallest absolute Gasteiger partial charge is 0.254 e. The second-order valence-electron chi connectivity index (χ2n) is 6.85. The Bertz CT molecular complexity index is 724. The fraction of sp³-hybridized carbons (Fsp3) is 0.381. The van der Waals surface area contributed by atoms with Gasteiger partial charge in [0.1, 0.15) is 0 Å². The maximum absolute atomic E-state index is 13.0. The maximum Gasteiger partial charge on any atom is 0.254 e. The monoisotopic (exact) mass is 322 g/mol. The molecule has 3 rings (SSSR count). The number of aryl methyl sites for hydroxylation is 3. The number of nitrogens with zero attached hydrogens (tertiary/aromatic N) is 1. The number of carbonyl (C=O) groups excluding carboxylic acids is 1. The van der Waals surface area contributed by atoms with Crippen molar-refractivity contribution < 1.29 is 4.79 Å². The van der Waals surface area contributed by atoms with Crippen LogP contribution in [0.4, 0.5) is 5.69 Å². The average Bonchev–Trinajstić information content (AvgIpc) is 2.59. The summed E-state index contributed by atoms with van der Waals surface area (Å²) in [5.41, 5.74) is 5.46. The molecular weight excluding hydrogens is 296 g/mol. The highest BCUT2D eigenvalue weighted by molar-refractivity contribution is 5.96. The fourth-order valence-corrected chi connectivity index (χ4v) is 3.41. The van der Waals surface area contributed by atoms with Crippen LogP contribution in [-0.2, 0) is 0 Å². The predicted molar refractivity (Wildman–Crippen MR) is 99.6 cm³/mol. The second kappa shape index (κ2) is 7.08. The molecule has 24 heavy (non-hydrogen) atoms. The van der Waals surface area contributed by atoms with E-state index in [1.807, 2.05) is 36.1 Å². The summed E-state index contributed by atoms with van der Waals surface area (Å²) in [6.07, 6.45) is 2.14. The minimum atomic E-state index is 0.162. The highest BCUT2D eigenvalue weighted by atomic mass is 16.2. The van der Waals surface area contributed by atoms with Gasteiger partial charge in [-0.3, -0.25) is 4.79 Å². The molecule has 1 atom stereocenters. The highest BCUT2D eigenvalue weighted by Crippen LogP contribution is 2.21. The Morgan fingerprint density at radius 3 is 2.50 bits per heavy atom. The van der Waals surface area contributed by atoms with Crippen LogP contribution in [0, 0.1) is 20.8 Å². The number of rotatable bonds is 3. The van der Waals surface area contributed by atoms with Crippen molar-refractivity contribution in [3.8, 4) is 0 Å². The normalized spacial score (nSPS) is 17.6. The first kappa shape index (κ1) is 16.6. The molecule has 0 aromatic heterocycles. The highest BCUT2D eigenvalue weighted by Gasteiger charge is 2.25. The van der Waals surface area contributed by atoms with Gasteiger partial charge in [0.25, 0.3) is 5.91 Å². The van der Waals surface area contributed by atoms with E-state index in [-0.39, 0.29) is 5.91 Å². The molecule has 0 bridgehead atoms. The second-order valence-corrected chi connectivity index (χ2v) is 6.85. The van der Waals surface area contributed by atoms with Crippen LogP contribution < -0.4 is 5.32 Å². The van der Waals surface area contributed by atoms with Gasteiger partial charge in [0.15, 0.2) is 0 Å². The van der Waals surface area contributed by atoms with Gasteiger partial charge in [0, 0.05) is 30.4 Å². The number of anilines is 1. The minimum Gasteiger partial charge on any atom is -0.381 e. The van der Waals surface area contributed by atoms with Gasteiger partial charge < -0.3 is 10.2 Å². The largest absolute Gasteiger partial charge is 0.381 e. The first-order valence-corrected chi connectivity index (χ1v) is 8.73. The van der Waals surface area contributed by atoms with Crippen LogP contribution >= 0.6 is 0 Å². The number of hydrogen-bond donors (Lipinski definition) is 1. The first-order chi connectivity index (χ1) is 11.5. The first-order valence-electron chi connectivity index (χ1n) is 8.73. The molecule has 1 amide bonds. The van der Waals surface area contributed by atoms with E-state index in [0.717, 1.165) is 42.7 Å². The third-order valence-electron chi connectivity index (χ3n) is 4.92. The van der Waals surface area contributed by atoms with Crippen LogP contribution in [0.15, 0.2) is 42.5 Å². The van der Waals surface area contributed by atoms with E-state index in [1.165, 1.54) is 11.1 Å². The molecule has 1 N–H and O–H groups in total. The number of carbonyl (C=O) groups is 1. The summed E-state index contributed by atoms with van der Waals surface area (Å²) in [7, 11) is 0. The van der Waals surface area contributed by atoms with E-state index in [4.69, 9.17) is 0 Å². The van der Waals surface area contributed by atoms with E-state index in [2.05, 4.69) is 37.4 Å². The molecule has 2 aromatic rings. The summed E-state index contributed by atoms with van der Waals surface area (Å²) in [5.74, 6) is 0.162. The summed E-state index contributed by atoms with van der Waals surface area (Å²) < 4.78 is 0. The summed E-state index contributed by atoms with van der Waals surface area (Å²) in [6, 6.07) is 14.7. The quantitative estimate of drug-likeness (QED) is 0.912. The van der Waals surface area contributed by atoms with Crippen molar-refractivity contribution in [2.24, 2.45) is 0 Å². The summed E-state index contributed by atoms with van der Waals surface area (Å²) in [6.45, 7) is 7.81.